The molecule has 1 atom stereocenters. The van der Waals surface area contributed by atoms with Gasteiger partial charge in [-0.25, -0.2) is 0 Å². The third-order valence-electron chi connectivity index (χ3n) is 4.53. The number of halogens is 1. The first-order valence-corrected chi connectivity index (χ1v) is 9.34. The van der Waals surface area contributed by atoms with Crippen molar-refractivity contribution in [2.45, 2.75) is 44.6 Å². The van der Waals surface area contributed by atoms with Gasteiger partial charge >= 0.3 is 0 Å². The molecule has 108 valence electrons. The second-order valence-corrected chi connectivity index (χ2v) is 6.71. The van der Waals surface area contributed by atoms with E-state index < -0.39 is 0 Å². The van der Waals surface area contributed by atoms with Gasteiger partial charge in [-0.3, -0.25) is 4.99 Å². The van der Waals surface area contributed by atoms with Crippen LogP contribution in [0.1, 0.15) is 50.2 Å². The standard InChI is InChI=1S/C17H23IN2/c1-2-10-17(13-18)15-9-5-4-8-14(15)16(19-17)20-11-6-3-7-12-20/h4-5,8-9H,2-3,6-7,10-13H2,1H3. The van der Waals surface area contributed by atoms with Gasteiger partial charge in [0.25, 0.3) is 0 Å². The van der Waals surface area contributed by atoms with Crippen molar-refractivity contribution in [3.8, 4) is 0 Å². The van der Waals surface area contributed by atoms with Crippen molar-refractivity contribution in [2.24, 2.45) is 4.99 Å². The van der Waals surface area contributed by atoms with Crippen molar-refractivity contribution in [3.63, 3.8) is 0 Å². The molecule has 2 nitrogen and oxygen atoms in total. The average Bonchev–Trinajstić information content (AvgIpc) is 2.84. The van der Waals surface area contributed by atoms with E-state index in [1.54, 1.807) is 0 Å². The lowest BCUT2D eigenvalue weighted by atomic mass is 9.87. The zero-order valence-corrected chi connectivity index (χ0v) is 14.4. The summed E-state index contributed by atoms with van der Waals surface area (Å²) in [6.07, 6.45) is 6.34. The highest BCUT2D eigenvalue weighted by molar-refractivity contribution is 14.1. The average molecular weight is 382 g/mol. The van der Waals surface area contributed by atoms with E-state index in [-0.39, 0.29) is 5.54 Å². The number of rotatable bonds is 3. The highest BCUT2D eigenvalue weighted by atomic mass is 127. The van der Waals surface area contributed by atoms with E-state index >= 15 is 0 Å². The quantitative estimate of drug-likeness (QED) is 0.560. The molecule has 0 aromatic heterocycles. The molecule has 1 aromatic rings. The van der Waals surface area contributed by atoms with Crippen molar-refractivity contribution in [2.75, 3.05) is 17.5 Å². The van der Waals surface area contributed by atoms with Gasteiger partial charge in [-0.1, -0.05) is 60.2 Å². The van der Waals surface area contributed by atoms with E-state index in [0.29, 0.717) is 0 Å². The van der Waals surface area contributed by atoms with Gasteiger partial charge in [-0.05, 0) is 31.2 Å². The molecule has 2 aliphatic rings. The molecule has 0 aliphatic carbocycles. The number of likely N-dealkylation sites (tertiary alicyclic amines) is 1. The molecule has 3 heteroatoms. The molecule has 0 bridgehead atoms. The molecule has 2 heterocycles. The van der Waals surface area contributed by atoms with E-state index in [0.717, 1.165) is 10.8 Å². The number of hydrogen-bond donors (Lipinski definition) is 0. The van der Waals surface area contributed by atoms with Crippen LogP contribution < -0.4 is 0 Å². The van der Waals surface area contributed by atoms with Gasteiger partial charge in [-0.2, -0.15) is 0 Å². The minimum absolute atomic E-state index is 0.0265. The number of alkyl halides is 1. The molecule has 3 rings (SSSR count). The monoisotopic (exact) mass is 382 g/mol. The maximum atomic E-state index is 5.25. The lowest BCUT2D eigenvalue weighted by Crippen LogP contribution is -2.35. The van der Waals surface area contributed by atoms with E-state index in [9.17, 15) is 0 Å². The summed E-state index contributed by atoms with van der Waals surface area (Å²) in [6.45, 7) is 4.62. The van der Waals surface area contributed by atoms with E-state index in [1.807, 2.05) is 0 Å². The largest absolute Gasteiger partial charge is 0.356 e. The van der Waals surface area contributed by atoms with Gasteiger partial charge in [0.2, 0.25) is 0 Å². The second-order valence-electron chi connectivity index (χ2n) is 5.94. The minimum Gasteiger partial charge on any atom is -0.356 e. The predicted molar refractivity (Wildman–Crippen MR) is 93.9 cm³/mol. The van der Waals surface area contributed by atoms with Gasteiger partial charge in [0.15, 0.2) is 0 Å². The zero-order chi connectivity index (χ0) is 14.0. The van der Waals surface area contributed by atoms with Gasteiger partial charge < -0.3 is 4.90 Å². The first-order valence-electron chi connectivity index (χ1n) is 7.81. The van der Waals surface area contributed by atoms with Crippen LogP contribution in [-0.2, 0) is 5.54 Å². The number of amidine groups is 1. The van der Waals surface area contributed by atoms with Crippen molar-refractivity contribution in [1.82, 2.24) is 4.90 Å². The molecule has 1 aromatic carbocycles. The summed E-state index contributed by atoms with van der Waals surface area (Å²) in [5, 5.41) is 0. The van der Waals surface area contributed by atoms with Crippen LogP contribution in [0.2, 0.25) is 0 Å². The minimum atomic E-state index is 0.0265. The second kappa shape index (κ2) is 6.04. The van der Waals surface area contributed by atoms with E-state index in [2.05, 4.69) is 58.7 Å². The lowest BCUT2D eigenvalue weighted by Gasteiger charge is -2.29. The van der Waals surface area contributed by atoms with Crippen molar-refractivity contribution < 1.29 is 0 Å². The van der Waals surface area contributed by atoms with E-state index in [1.165, 1.54) is 55.7 Å². The fourth-order valence-corrected chi connectivity index (χ4v) is 4.49. The van der Waals surface area contributed by atoms with Gasteiger partial charge in [0.1, 0.15) is 5.84 Å². The summed E-state index contributed by atoms with van der Waals surface area (Å²) >= 11 is 2.52. The highest BCUT2D eigenvalue weighted by Crippen LogP contribution is 2.41. The Morgan fingerprint density at radius 2 is 1.95 bits per heavy atom. The topological polar surface area (TPSA) is 15.6 Å². The summed E-state index contributed by atoms with van der Waals surface area (Å²) in [5.74, 6) is 1.27. The molecular formula is C17H23IN2. The first kappa shape index (κ1) is 14.4. The summed E-state index contributed by atoms with van der Waals surface area (Å²) in [5.41, 5.74) is 2.87. The van der Waals surface area contributed by atoms with Crippen molar-refractivity contribution >= 4 is 28.4 Å². The van der Waals surface area contributed by atoms with Gasteiger partial charge in [-0.15, -0.1) is 0 Å². The highest BCUT2D eigenvalue weighted by Gasteiger charge is 2.39. The van der Waals surface area contributed by atoms with Crippen LogP contribution in [0, 0.1) is 0 Å². The molecule has 2 aliphatic heterocycles. The van der Waals surface area contributed by atoms with Crippen LogP contribution in [0.3, 0.4) is 0 Å². The van der Waals surface area contributed by atoms with Crippen molar-refractivity contribution in [3.05, 3.63) is 35.4 Å². The molecule has 20 heavy (non-hydrogen) atoms. The van der Waals surface area contributed by atoms with Crippen LogP contribution in [-0.4, -0.2) is 28.3 Å². The lowest BCUT2D eigenvalue weighted by molar-refractivity contribution is 0.340. The van der Waals surface area contributed by atoms with Crippen LogP contribution >= 0.6 is 22.6 Å². The maximum Gasteiger partial charge on any atom is 0.132 e. The SMILES string of the molecule is CCCC1(CI)N=C(N2CCCCC2)c2ccccc21. The summed E-state index contributed by atoms with van der Waals surface area (Å²) < 4.78 is 1.08. The Hall–Kier alpha value is -0.580. The Labute approximate surface area is 135 Å². The number of fused-ring (bicyclic) bond motifs is 1. The Morgan fingerprint density at radius 3 is 2.65 bits per heavy atom. The normalized spacial score (nSPS) is 25.5. The van der Waals surface area contributed by atoms with Crippen molar-refractivity contribution in [1.29, 1.82) is 0 Å². The smallest absolute Gasteiger partial charge is 0.132 e. The molecule has 1 fully saturated rings. The molecule has 0 spiro atoms. The summed E-state index contributed by atoms with van der Waals surface area (Å²) in [6, 6.07) is 8.90. The zero-order valence-electron chi connectivity index (χ0n) is 12.2. The molecule has 0 saturated carbocycles. The molecule has 0 amide bonds. The molecule has 0 N–H and O–H groups in total. The van der Waals surface area contributed by atoms with Crippen LogP contribution in [0.5, 0.6) is 0 Å². The molecule has 0 radical (unpaired) electrons. The number of hydrogen-bond acceptors (Lipinski definition) is 2. The third kappa shape index (κ3) is 2.38. The van der Waals surface area contributed by atoms with Gasteiger partial charge in [0, 0.05) is 23.1 Å². The third-order valence-corrected chi connectivity index (χ3v) is 5.79. The summed E-state index contributed by atoms with van der Waals surface area (Å²) in [4.78, 5) is 7.77. The first-order chi connectivity index (χ1) is 9.80. The number of aliphatic imine (C=N–C) groups is 1. The fourth-order valence-electron chi connectivity index (χ4n) is 3.53. The van der Waals surface area contributed by atoms with E-state index in [4.69, 9.17) is 4.99 Å². The van der Waals surface area contributed by atoms with Gasteiger partial charge in [0.05, 0.1) is 5.54 Å². The number of benzene rings is 1. The Kier molecular flexibility index (Phi) is 4.34. The summed E-state index contributed by atoms with van der Waals surface area (Å²) in [7, 11) is 0. The Bertz CT molecular complexity index is 505. The van der Waals surface area contributed by atoms with Crippen LogP contribution in [0.15, 0.2) is 29.3 Å². The molecular weight excluding hydrogens is 359 g/mol. The number of nitrogens with zero attached hydrogens (tertiary/aromatic N) is 2. The van der Waals surface area contributed by atoms with Crippen LogP contribution in [0.4, 0.5) is 0 Å². The van der Waals surface area contributed by atoms with Crippen LogP contribution in [0.25, 0.3) is 0 Å². The molecule has 1 unspecified atom stereocenters. The Morgan fingerprint density at radius 1 is 1.20 bits per heavy atom. The molecule has 1 saturated heterocycles. The number of piperidine rings is 1. The predicted octanol–water partition coefficient (Wildman–Crippen LogP) is 4.36. The maximum absolute atomic E-state index is 5.25. The Balaban J connectivity index is 2.03. The fraction of sp³-hybridized carbons (Fsp3) is 0.588.